The number of hydrogen-bond donors (Lipinski definition) is 2. The van der Waals surface area contributed by atoms with E-state index in [9.17, 15) is 9.90 Å². The van der Waals surface area contributed by atoms with E-state index in [1.807, 2.05) is 12.1 Å². The molecule has 5 nitrogen and oxygen atoms in total. The van der Waals surface area contributed by atoms with Crippen molar-refractivity contribution in [1.82, 2.24) is 9.80 Å². The van der Waals surface area contributed by atoms with Gasteiger partial charge >= 0.3 is 0 Å². The maximum absolute atomic E-state index is 11.4. The highest BCUT2D eigenvalue weighted by Crippen LogP contribution is 2.14. The predicted octanol–water partition coefficient (Wildman–Crippen LogP) is 0.839. The number of phenols is 1. The first kappa shape index (κ1) is 19.0. The third-order valence-corrected chi connectivity index (χ3v) is 3.22. The van der Waals surface area contributed by atoms with Crippen LogP contribution in [0.25, 0.3) is 0 Å². The van der Waals surface area contributed by atoms with Gasteiger partial charge in [-0.3, -0.25) is 9.69 Å². The lowest BCUT2D eigenvalue weighted by molar-refractivity contribution is -0.131. The van der Waals surface area contributed by atoms with Gasteiger partial charge in [-0.2, -0.15) is 0 Å². The van der Waals surface area contributed by atoms with Crippen LogP contribution in [0.4, 0.5) is 0 Å². The van der Waals surface area contributed by atoms with Crippen molar-refractivity contribution in [2.24, 2.45) is 5.73 Å². The molecule has 0 saturated carbocycles. The van der Waals surface area contributed by atoms with E-state index < -0.39 is 0 Å². The fraction of sp³-hybridized carbons (Fsp3) is 0.462. The molecule has 0 aromatic heterocycles. The molecule has 0 aliphatic carbocycles. The smallest absolute Gasteiger partial charge is 0.236 e. The monoisotopic (exact) mass is 321 g/mol. The molecule has 7 heteroatoms. The molecule has 0 spiro atoms. The Morgan fingerprint density at radius 3 is 2.40 bits per heavy atom. The van der Waals surface area contributed by atoms with Crippen molar-refractivity contribution in [3.05, 3.63) is 29.8 Å². The molecule has 0 atom stereocenters. The standard InChI is InChI=1S/C13H19N3O2.2ClH/c14-9-13(18)16-6-4-15(5-7-16)10-11-2-1-3-12(17)8-11;;/h1-3,8,17H,4-7,9-10,14H2;2*1H. The van der Waals surface area contributed by atoms with E-state index in [0.29, 0.717) is 5.75 Å². The Hall–Kier alpha value is -1.01. The Morgan fingerprint density at radius 1 is 1.20 bits per heavy atom. The highest BCUT2D eigenvalue weighted by molar-refractivity contribution is 5.85. The second-order valence-corrected chi connectivity index (χ2v) is 4.53. The molecule has 0 bridgehead atoms. The van der Waals surface area contributed by atoms with Crippen LogP contribution in [-0.4, -0.2) is 53.5 Å². The molecule has 3 N–H and O–H groups in total. The Kier molecular flexibility index (Phi) is 8.57. The lowest BCUT2D eigenvalue weighted by Crippen LogP contribution is -2.49. The van der Waals surface area contributed by atoms with Gasteiger partial charge in [0.05, 0.1) is 6.54 Å². The number of hydrogen-bond acceptors (Lipinski definition) is 4. The third kappa shape index (κ3) is 5.17. The molecule has 1 fully saturated rings. The van der Waals surface area contributed by atoms with Crippen LogP contribution in [0.2, 0.25) is 0 Å². The summed E-state index contributed by atoms with van der Waals surface area (Å²) >= 11 is 0. The van der Waals surface area contributed by atoms with E-state index in [4.69, 9.17) is 5.73 Å². The van der Waals surface area contributed by atoms with Crippen LogP contribution in [0.1, 0.15) is 5.56 Å². The Bertz CT molecular complexity index is 424. The second-order valence-electron chi connectivity index (χ2n) is 4.53. The van der Waals surface area contributed by atoms with E-state index >= 15 is 0 Å². The van der Waals surface area contributed by atoms with Gasteiger partial charge in [0.2, 0.25) is 5.91 Å². The van der Waals surface area contributed by atoms with Crippen LogP contribution < -0.4 is 5.73 Å². The van der Waals surface area contributed by atoms with E-state index in [2.05, 4.69) is 4.90 Å². The average Bonchev–Trinajstić information content (AvgIpc) is 2.39. The quantitative estimate of drug-likeness (QED) is 0.865. The van der Waals surface area contributed by atoms with Gasteiger partial charge in [0.25, 0.3) is 0 Å². The molecule has 2 rings (SSSR count). The topological polar surface area (TPSA) is 69.8 Å². The molecule has 114 valence electrons. The number of amides is 1. The minimum Gasteiger partial charge on any atom is -0.508 e. The van der Waals surface area contributed by atoms with Gasteiger partial charge in [0.15, 0.2) is 0 Å². The number of piperazine rings is 1. The number of phenolic OH excluding ortho intramolecular Hbond substituents is 1. The molecule has 1 heterocycles. The van der Waals surface area contributed by atoms with Crippen molar-refractivity contribution in [2.75, 3.05) is 32.7 Å². The fourth-order valence-corrected chi connectivity index (χ4v) is 2.20. The average molecular weight is 322 g/mol. The normalized spacial score (nSPS) is 15.2. The van der Waals surface area contributed by atoms with Crippen molar-refractivity contribution in [1.29, 1.82) is 0 Å². The summed E-state index contributed by atoms with van der Waals surface area (Å²) in [6.07, 6.45) is 0. The minimum absolute atomic E-state index is 0. The van der Waals surface area contributed by atoms with Crippen LogP contribution >= 0.6 is 24.8 Å². The van der Waals surface area contributed by atoms with Gasteiger partial charge in [-0.1, -0.05) is 12.1 Å². The van der Waals surface area contributed by atoms with Gasteiger partial charge < -0.3 is 15.7 Å². The summed E-state index contributed by atoms with van der Waals surface area (Å²) in [7, 11) is 0. The Balaban J connectivity index is 0.00000180. The molecule has 20 heavy (non-hydrogen) atoms. The van der Waals surface area contributed by atoms with Crippen LogP contribution in [-0.2, 0) is 11.3 Å². The number of carbonyl (C=O) groups is 1. The van der Waals surface area contributed by atoms with Crippen LogP contribution in [0, 0.1) is 0 Å². The molecule has 1 aromatic carbocycles. The van der Waals surface area contributed by atoms with Crippen LogP contribution in [0.5, 0.6) is 5.75 Å². The number of nitrogens with two attached hydrogens (primary N) is 1. The zero-order chi connectivity index (χ0) is 13.0. The first-order chi connectivity index (χ1) is 8.69. The molecule has 0 radical (unpaired) electrons. The number of benzene rings is 1. The van der Waals surface area contributed by atoms with Crippen molar-refractivity contribution < 1.29 is 9.90 Å². The molecule has 0 unspecified atom stereocenters. The Morgan fingerprint density at radius 2 is 1.85 bits per heavy atom. The molecule has 1 aliphatic heterocycles. The summed E-state index contributed by atoms with van der Waals surface area (Å²) in [6, 6.07) is 7.29. The Labute approximate surface area is 131 Å². The summed E-state index contributed by atoms with van der Waals surface area (Å²) in [5, 5.41) is 9.40. The summed E-state index contributed by atoms with van der Waals surface area (Å²) in [5.74, 6) is 0.316. The van der Waals surface area contributed by atoms with Gasteiger partial charge in [-0.15, -0.1) is 24.8 Å². The van der Waals surface area contributed by atoms with Crippen molar-refractivity contribution in [3.8, 4) is 5.75 Å². The number of aromatic hydroxyl groups is 1. The third-order valence-electron chi connectivity index (χ3n) is 3.22. The first-order valence-electron chi connectivity index (χ1n) is 6.17. The molecule has 1 saturated heterocycles. The number of nitrogens with zero attached hydrogens (tertiary/aromatic N) is 2. The summed E-state index contributed by atoms with van der Waals surface area (Å²) in [6.45, 7) is 4.05. The second kappa shape index (κ2) is 9.02. The SMILES string of the molecule is Cl.Cl.NCC(=O)N1CCN(Cc2cccc(O)c2)CC1. The lowest BCUT2D eigenvalue weighted by atomic mass is 10.2. The fourth-order valence-electron chi connectivity index (χ4n) is 2.20. The molecule has 1 aliphatic rings. The zero-order valence-corrected chi connectivity index (χ0v) is 12.8. The van der Waals surface area contributed by atoms with Crippen molar-refractivity contribution >= 4 is 30.7 Å². The van der Waals surface area contributed by atoms with E-state index in [1.165, 1.54) is 0 Å². The number of halogens is 2. The summed E-state index contributed by atoms with van der Waals surface area (Å²) in [4.78, 5) is 15.5. The van der Waals surface area contributed by atoms with Crippen molar-refractivity contribution in [2.45, 2.75) is 6.54 Å². The molecule has 1 aromatic rings. The maximum atomic E-state index is 11.4. The zero-order valence-electron chi connectivity index (χ0n) is 11.2. The largest absolute Gasteiger partial charge is 0.508 e. The first-order valence-corrected chi connectivity index (χ1v) is 6.17. The van der Waals surface area contributed by atoms with Gasteiger partial charge in [-0.05, 0) is 17.7 Å². The minimum atomic E-state index is 0. The van der Waals surface area contributed by atoms with E-state index in [1.54, 1.807) is 17.0 Å². The summed E-state index contributed by atoms with van der Waals surface area (Å²) in [5.41, 5.74) is 6.44. The van der Waals surface area contributed by atoms with E-state index in [-0.39, 0.29) is 37.3 Å². The van der Waals surface area contributed by atoms with Crippen LogP contribution in [0.3, 0.4) is 0 Å². The molecular weight excluding hydrogens is 301 g/mol. The van der Waals surface area contributed by atoms with Gasteiger partial charge in [0, 0.05) is 32.7 Å². The van der Waals surface area contributed by atoms with Gasteiger partial charge in [-0.25, -0.2) is 0 Å². The highest BCUT2D eigenvalue weighted by atomic mass is 35.5. The number of rotatable bonds is 3. The van der Waals surface area contributed by atoms with E-state index in [0.717, 1.165) is 38.3 Å². The molecular formula is C13H21Cl2N3O2. The number of carbonyl (C=O) groups excluding carboxylic acids is 1. The maximum Gasteiger partial charge on any atom is 0.236 e. The molecule has 1 amide bonds. The van der Waals surface area contributed by atoms with Crippen molar-refractivity contribution in [3.63, 3.8) is 0 Å². The predicted molar refractivity (Wildman–Crippen MR) is 83.5 cm³/mol. The van der Waals surface area contributed by atoms with Gasteiger partial charge in [0.1, 0.15) is 5.75 Å². The lowest BCUT2D eigenvalue weighted by Gasteiger charge is -2.34. The highest BCUT2D eigenvalue weighted by Gasteiger charge is 2.19. The van der Waals surface area contributed by atoms with Crippen LogP contribution in [0.15, 0.2) is 24.3 Å². The summed E-state index contributed by atoms with van der Waals surface area (Å²) < 4.78 is 0.